The standard InChI is InChI=1S/C32H45N7O11S2/c40-27(33-10-22-52-51-21-9-31(44)50-39-29(42)5-6-30(39)43)7-11-45-13-15-47-17-19-49-20-18-48-16-14-46-12-8-28(41)34-23-25-1-3-26(4-2-25)32-37-35-24-36-38-32/h1-4,24H,5-23H2,(H,33,40)(H,34,41). The number of benzene rings is 1. The van der Waals surface area contributed by atoms with E-state index in [9.17, 15) is 24.0 Å². The zero-order valence-corrected chi connectivity index (χ0v) is 30.5. The van der Waals surface area contributed by atoms with Gasteiger partial charge in [0.15, 0.2) is 6.33 Å². The number of hydrogen-bond donors (Lipinski definition) is 2. The number of rotatable bonds is 29. The van der Waals surface area contributed by atoms with Crippen molar-refractivity contribution in [2.75, 3.05) is 84.1 Å². The summed E-state index contributed by atoms with van der Waals surface area (Å²) in [6, 6.07) is 7.47. The van der Waals surface area contributed by atoms with Crippen LogP contribution in [0.2, 0.25) is 0 Å². The molecule has 0 atom stereocenters. The topological polar surface area (TPSA) is 220 Å². The van der Waals surface area contributed by atoms with Gasteiger partial charge in [-0.3, -0.25) is 19.2 Å². The molecule has 2 N–H and O–H groups in total. The fourth-order valence-electron chi connectivity index (χ4n) is 4.06. The van der Waals surface area contributed by atoms with E-state index in [4.69, 9.17) is 28.5 Å². The Morgan fingerprint density at radius 1 is 0.654 bits per heavy atom. The summed E-state index contributed by atoms with van der Waals surface area (Å²) in [4.78, 5) is 63.4. The number of amides is 4. The van der Waals surface area contributed by atoms with Crippen LogP contribution in [0.25, 0.3) is 11.4 Å². The Kier molecular flexibility index (Phi) is 22.1. The van der Waals surface area contributed by atoms with E-state index in [1.807, 2.05) is 24.3 Å². The van der Waals surface area contributed by atoms with E-state index in [1.54, 1.807) is 0 Å². The summed E-state index contributed by atoms with van der Waals surface area (Å²) in [5, 5.41) is 21.5. The molecule has 2 aromatic rings. The lowest BCUT2D eigenvalue weighted by atomic mass is 10.1. The first-order valence-corrected chi connectivity index (χ1v) is 19.2. The molecule has 0 bridgehead atoms. The number of ether oxygens (including phenoxy) is 5. The predicted octanol–water partition coefficient (Wildman–Crippen LogP) is 0.908. The van der Waals surface area contributed by atoms with Gasteiger partial charge in [0.1, 0.15) is 0 Å². The summed E-state index contributed by atoms with van der Waals surface area (Å²) in [6.45, 7) is 4.64. The first-order valence-electron chi connectivity index (χ1n) is 16.7. The zero-order chi connectivity index (χ0) is 37.1. The fourth-order valence-corrected chi connectivity index (χ4v) is 5.94. The molecule has 0 unspecified atom stereocenters. The summed E-state index contributed by atoms with van der Waals surface area (Å²) < 4.78 is 27.2. The van der Waals surface area contributed by atoms with Crippen molar-refractivity contribution < 1.29 is 52.5 Å². The summed E-state index contributed by atoms with van der Waals surface area (Å²) in [5.74, 6) is -0.311. The quantitative estimate of drug-likeness (QED) is 0.0667. The van der Waals surface area contributed by atoms with Crippen molar-refractivity contribution in [1.29, 1.82) is 0 Å². The second kappa shape index (κ2) is 26.9. The number of nitrogens with zero attached hydrogens (tertiary/aromatic N) is 5. The molecule has 4 amide bonds. The maximum absolute atomic E-state index is 12.1. The Hall–Kier alpha value is -3.79. The Labute approximate surface area is 309 Å². The Morgan fingerprint density at radius 2 is 1.15 bits per heavy atom. The number of hydrogen-bond acceptors (Lipinski definition) is 17. The first-order chi connectivity index (χ1) is 25.4. The second-order valence-corrected chi connectivity index (χ2v) is 13.4. The minimum Gasteiger partial charge on any atom is -0.379 e. The molecule has 1 aliphatic rings. The summed E-state index contributed by atoms with van der Waals surface area (Å²) in [5.41, 5.74) is 1.74. The van der Waals surface area contributed by atoms with Gasteiger partial charge in [-0.05, 0) is 5.56 Å². The van der Waals surface area contributed by atoms with Gasteiger partial charge in [-0.2, -0.15) is 0 Å². The van der Waals surface area contributed by atoms with Gasteiger partial charge >= 0.3 is 5.97 Å². The molecule has 0 spiro atoms. The molecule has 3 rings (SSSR count). The Morgan fingerprint density at radius 3 is 1.71 bits per heavy atom. The maximum atomic E-state index is 12.1. The highest BCUT2D eigenvalue weighted by molar-refractivity contribution is 8.76. The lowest BCUT2D eigenvalue weighted by Crippen LogP contribution is -2.32. The van der Waals surface area contributed by atoms with Crippen LogP contribution in [0, 0.1) is 0 Å². The van der Waals surface area contributed by atoms with Gasteiger partial charge in [-0.25, -0.2) is 4.79 Å². The summed E-state index contributed by atoms with van der Waals surface area (Å²) >= 11 is 0. The van der Waals surface area contributed by atoms with E-state index in [2.05, 4.69) is 31.0 Å². The van der Waals surface area contributed by atoms with Crippen molar-refractivity contribution in [3.8, 4) is 11.4 Å². The average Bonchev–Trinajstić information content (AvgIpc) is 3.47. The highest BCUT2D eigenvalue weighted by Gasteiger charge is 2.32. The molecule has 1 aromatic carbocycles. The van der Waals surface area contributed by atoms with Crippen LogP contribution in [0.5, 0.6) is 0 Å². The third-order valence-electron chi connectivity index (χ3n) is 6.72. The normalized spacial score (nSPS) is 12.7. The van der Waals surface area contributed by atoms with Crippen LogP contribution >= 0.6 is 21.6 Å². The van der Waals surface area contributed by atoms with Crippen LogP contribution in [0.3, 0.4) is 0 Å². The minimum atomic E-state index is -0.630. The minimum absolute atomic E-state index is 0.0638. The van der Waals surface area contributed by atoms with Crippen molar-refractivity contribution in [2.24, 2.45) is 0 Å². The molecule has 52 heavy (non-hydrogen) atoms. The van der Waals surface area contributed by atoms with Gasteiger partial charge < -0.3 is 39.2 Å². The van der Waals surface area contributed by atoms with Crippen molar-refractivity contribution >= 4 is 51.2 Å². The van der Waals surface area contributed by atoms with Crippen molar-refractivity contribution in [3.05, 3.63) is 36.2 Å². The fraction of sp³-hybridized carbons (Fsp3) is 0.594. The van der Waals surface area contributed by atoms with E-state index in [0.717, 1.165) is 11.1 Å². The smallest absolute Gasteiger partial charge is 0.334 e. The highest BCUT2D eigenvalue weighted by Crippen LogP contribution is 2.22. The number of hydroxylamine groups is 2. The molecule has 0 radical (unpaired) electrons. The molecular weight excluding hydrogens is 723 g/mol. The number of carbonyl (C=O) groups excluding carboxylic acids is 5. The van der Waals surface area contributed by atoms with Gasteiger partial charge in [0.25, 0.3) is 11.8 Å². The summed E-state index contributed by atoms with van der Waals surface area (Å²) in [6.07, 6.45) is 1.95. The van der Waals surface area contributed by atoms with Gasteiger partial charge in [0, 0.05) is 55.8 Å². The van der Waals surface area contributed by atoms with Crippen molar-refractivity contribution in [1.82, 2.24) is 36.1 Å². The molecule has 1 saturated heterocycles. The van der Waals surface area contributed by atoms with Crippen LogP contribution in [0.4, 0.5) is 0 Å². The molecule has 20 heteroatoms. The van der Waals surface area contributed by atoms with Crippen LogP contribution in [-0.4, -0.2) is 139 Å². The molecule has 1 aliphatic heterocycles. The third-order valence-corrected chi connectivity index (χ3v) is 9.13. The predicted molar refractivity (Wildman–Crippen MR) is 188 cm³/mol. The second-order valence-electron chi connectivity index (χ2n) is 10.7. The van der Waals surface area contributed by atoms with Gasteiger partial charge in [0.2, 0.25) is 17.6 Å². The van der Waals surface area contributed by atoms with Crippen molar-refractivity contribution in [2.45, 2.75) is 38.6 Å². The Bertz CT molecular complexity index is 1350. The Balaban J connectivity index is 0.985. The van der Waals surface area contributed by atoms with E-state index < -0.39 is 17.8 Å². The number of aromatic nitrogens is 4. The lowest BCUT2D eigenvalue weighted by Gasteiger charge is -2.12. The number of nitrogens with one attached hydrogen (secondary N) is 2. The lowest BCUT2D eigenvalue weighted by molar-refractivity contribution is -0.197. The average molecular weight is 768 g/mol. The van der Waals surface area contributed by atoms with Gasteiger partial charge in [0.05, 0.1) is 72.5 Å². The largest absolute Gasteiger partial charge is 0.379 e. The van der Waals surface area contributed by atoms with Crippen molar-refractivity contribution in [3.63, 3.8) is 0 Å². The molecule has 1 aromatic heterocycles. The molecule has 2 heterocycles. The molecule has 0 aliphatic carbocycles. The zero-order valence-electron chi connectivity index (χ0n) is 28.9. The molecule has 18 nitrogen and oxygen atoms in total. The van der Waals surface area contributed by atoms with Crippen LogP contribution in [-0.2, 0) is 59.0 Å². The van der Waals surface area contributed by atoms with Crippen LogP contribution < -0.4 is 10.6 Å². The van der Waals surface area contributed by atoms with Crippen LogP contribution in [0.1, 0.15) is 37.7 Å². The molecule has 286 valence electrons. The van der Waals surface area contributed by atoms with E-state index in [1.165, 1.54) is 27.9 Å². The van der Waals surface area contributed by atoms with Gasteiger partial charge in [-0.1, -0.05) is 45.9 Å². The van der Waals surface area contributed by atoms with E-state index in [0.29, 0.717) is 94.9 Å². The van der Waals surface area contributed by atoms with Gasteiger partial charge in [-0.15, -0.1) is 25.5 Å². The number of imide groups is 1. The highest BCUT2D eigenvalue weighted by atomic mass is 33.1. The van der Waals surface area contributed by atoms with Crippen LogP contribution in [0.15, 0.2) is 30.6 Å². The maximum Gasteiger partial charge on any atom is 0.334 e. The molecule has 0 saturated carbocycles. The third kappa shape index (κ3) is 19.2. The van der Waals surface area contributed by atoms with E-state index in [-0.39, 0.29) is 50.5 Å². The molecular formula is C32H45N7O11S2. The summed E-state index contributed by atoms with van der Waals surface area (Å²) in [7, 11) is 2.93. The van der Waals surface area contributed by atoms with E-state index >= 15 is 0 Å². The number of carbonyl (C=O) groups is 5. The first kappa shape index (κ1) is 42.6. The monoisotopic (exact) mass is 767 g/mol. The SMILES string of the molecule is O=C(CCOCCOCCOCCOCCOCCC(=O)NCc1ccc(-c2nncnn2)cc1)NCCSSCCC(=O)ON1C(=O)CCC1=O. The molecule has 1 fully saturated rings.